The highest BCUT2D eigenvalue weighted by atomic mass is 16.5. The van der Waals surface area contributed by atoms with Gasteiger partial charge >= 0.3 is 5.97 Å². The predicted octanol–water partition coefficient (Wildman–Crippen LogP) is 0.912. The lowest BCUT2D eigenvalue weighted by Crippen LogP contribution is -2.34. The van der Waals surface area contributed by atoms with Gasteiger partial charge in [-0.3, -0.25) is 9.59 Å². The van der Waals surface area contributed by atoms with Gasteiger partial charge in [0.25, 0.3) is 11.8 Å². The van der Waals surface area contributed by atoms with Crippen LogP contribution in [0.1, 0.15) is 25.7 Å². The molecule has 0 saturated carbocycles. The van der Waals surface area contributed by atoms with Gasteiger partial charge in [-0.1, -0.05) is 6.58 Å². The van der Waals surface area contributed by atoms with Gasteiger partial charge in [-0.2, -0.15) is 0 Å². The molecule has 17 heavy (non-hydrogen) atoms. The summed E-state index contributed by atoms with van der Waals surface area (Å²) >= 11 is 0. The molecule has 90 valence electrons. The zero-order chi connectivity index (χ0) is 12.4. The summed E-state index contributed by atoms with van der Waals surface area (Å²) < 4.78 is 4.72. The van der Waals surface area contributed by atoms with E-state index in [1.54, 1.807) is 0 Å². The highest BCUT2D eigenvalue weighted by Gasteiger charge is 2.39. The quantitative estimate of drug-likeness (QED) is 0.414. The molecular formula is C12H13NO4. The number of amides is 2. The van der Waals surface area contributed by atoms with Crippen LogP contribution in [0.25, 0.3) is 0 Å². The van der Waals surface area contributed by atoms with E-state index in [0.29, 0.717) is 24.0 Å². The van der Waals surface area contributed by atoms with Gasteiger partial charge in [-0.25, -0.2) is 9.69 Å². The molecule has 0 spiro atoms. The summed E-state index contributed by atoms with van der Waals surface area (Å²) in [7, 11) is 0. The molecule has 1 heterocycles. The van der Waals surface area contributed by atoms with Crippen LogP contribution < -0.4 is 0 Å². The molecule has 0 N–H and O–H groups in total. The number of carbonyl (C=O) groups is 3. The van der Waals surface area contributed by atoms with Crippen LogP contribution in [0.4, 0.5) is 0 Å². The van der Waals surface area contributed by atoms with Crippen molar-refractivity contribution in [3.05, 3.63) is 23.8 Å². The third-order valence-corrected chi connectivity index (χ3v) is 2.98. The minimum atomic E-state index is -0.643. The van der Waals surface area contributed by atoms with Gasteiger partial charge < -0.3 is 4.74 Å². The Kier molecular flexibility index (Phi) is 3.08. The van der Waals surface area contributed by atoms with E-state index >= 15 is 0 Å². The van der Waals surface area contributed by atoms with Crippen LogP contribution in [0.3, 0.4) is 0 Å². The van der Waals surface area contributed by atoms with Crippen molar-refractivity contribution in [1.29, 1.82) is 0 Å². The van der Waals surface area contributed by atoms with Crippen molar-refractivity contribution in [2.24, 2.45) is 0 Å². The first-order valence-electron chi connectivity index (χ1n) is 5.52. The summed E-state index contributed by atoms with van der Waals surface area (Å²) in [5.74, 6) is -1.28. The van der Waals surface area contributed by atoms with E-state index in [-0.39, 0.29) is 18.5 Å². The van der Waals surface area contributed by atoms with Crippen molar-refractivity contribution in [2.75, 3.05) is 6.73 Å². The molecule has 1 aliphatic heterocycles. The van der Waals surface area contributed by atoms with Crippen molar-refractivity contribution in [3.63, 3.8) is 0 Å². The van der Waals surface area contributed by atoms with Gasteiger partial charge in [0.1, 0.15) is 0 Å². The fourth-order valence-electron chi connectivity index (χ4n) is 2.10. The summed E-state index contributed by atoms with van der Waals surface area (Å²) in [6.07, 6.45) is 4.15. The maximum Gasteiger partial charge on any atom is 0.331 e. The molecule has 0 radical (unpaired) electrons. The molecule has 2 aliphatic rings. The average molecular weight is 235 g/mol. The molecular weight excluding hydrogens is 222 g/mol. The molecule has 0 fully saturated rings. The Labute approximate surface area is 98.7 Å². The lowest BCUT2D eigenvalue weighted by molar-refractivity contribution is -0.151. The second-order valence-corrected chi connectivity index (χ2v) is 4.00. The van der Waals surface area contributed by atoms with Crippen molar-refractivity contribution in [3.8, 4) is 0 Å². The van der Waals surface area contributed by atoms with E-state index in [4.69, 9.17) is 4.74 Å². The van der Waals surface area contributed by atoms with Gasteiger partial charge in [0.05, 0.1) is 0 Å². The monoisotopic (exact) mass is 235 g/mol. The number of rotatable bonds is 3. The number of carbonyl (C=O) groups excluding carboxylic acids is 3. The third-order valence-electron chi connectivity index (χ3n) is 2.98. The van der Waals surface area contributed by atoms with Crippen LogP contribution in [0.2, 0.25) is 0 Å². The number of hydrogen-bond donors (Lipinski definition) is 0. The Balaban J connectivity index is 2.08. The first-order chi connectivity index (χ1) is 8.15. The molecule has 0 aromatic heterocycles. The molecule has 2 rings (SSSR count). The number of esters is 1. The van der Waals surface area contributed by atoms with Gasteiger partial charge in [0, 0.05) is 17.2 Å². The largest absolute Gasteiger partial charge is 0.441 e. The molecule has 5 heteroatoms. The van der Waals surface area contributed by atoms with Crippen LogP contribution >= 0.6 is 0 Å². The van der Waals surface area contributed by atoms with Crippen LogP contribution in [0.15, 0.2) is 23.8 Å². The van der Waals surface area contributed by atoms with Crippen molar-refractivity contribution in [1.82, 2.24) is 4.90 Å². The van der Waals surface area contributed by atoms with Crippen molar-refractivity contribution < 1.29 is 19.1 Å². The number of imide groups is 1. The Bertz CT molecular complexity index is 408. The SMILES string of the molecule is C=CC(=O)OCN1C(=O)C2=C(CCCC2)C1=O. The molecule has 0 aromatic carbocycles. The maximum absolute atomic E-state index is 11.9. The van der Waals surface area contributed by atoms with Crippen molar-refractivity contribution in [2.45, 2.75) is 25.7 Å². The van der Waals surface area contributed by atoms with E-state index in [2.05, 4.69) is 6.58 Å². The van der Waals surface area contributed by atoms with Gasteiger partial charge in [0.15, 0.2) is 6.73 Å². The molecule has 0 aromatic rings. The first-order valence-corrected chi connectivity index (χ1v) is 5.52. The lowest BCUT2D eigenvalue weighted by atomic mass is 9.93. The average Bonchev–Trinajstić information content (AvgIpc) is 2.60. The summed E-state index contributed by atoms with van der Waals surface area (Å²) in [5.41, 5.74) is 1.19. The van der Waals surface area contributed by atoms with E-state index in [1.807, 2.05) is 0 Å². The zero-order valence-corrected chi connectivity index (χ0v) is 9.40. The van der Waals surface area contributed by atoms with E-state index in [9.17, 15) is 14.4 Å². The van der Waals surface area contributed by atoms with E-state index in [1.165, 1.54) is 0 Å². The first kappa shape index (κ1) is 11.6. The second-order valence-electron chi connectivity index (χ2n) is 4.00. The van der Waals surface area contributed by atoms with Gasteiger partial charge in [-0.15, -0.1) is 0 Å². The highest BCUT2D eigenvalue weighted by Crippen LogP contribution is 2.32. The van der Waals surface area contributed by atoms with E-state index in [0.717, 1.165) is 23.8 Å². The van der Waals surface area contributed by atoms with Crippen LogP contribution in [0, 0.1) is 0 Å². The smallest absolute Gasteiger partial charge is 0.331 e. The van der Waals surface area contributed by atoms with Gasteiger partial charge in [-0.05, 0) is 25.7 Å². The fraction of sp³-hybridized carbons (Fsp3) is 0.417. The second kappa shape index (κ2) is 4.53. The minimum Gasteiger partial charge on any atom is -0.441 e. The summed E-state index contributed by atoms with van der Waals surface area (Å²) in [5, 5.41) is 0. The van der Waals surface area contributed by atoms with Crippen molar-refractivity contribution >= 4 is 17.8 Å². The molecule has 1 aliphatic carbocycles. The molecule has 0 atom stereocenters. The molecule has 5 nitrogen and oxygen atoms in total. The Morgan fingerprint density at radius 1 is 1.24 bits per heavy atom. The Morgan fingerprint density at radius 2 is 1.76 bits per heavy atom. The fourth-order valence-corrected chi connectivity index (χ4v) is 2.10. The number of nitrogens with zero attached hydrogens (tertiary/aromatic N) is 1. The summed E-state index contributed by atoms with van der Waals surface area (Å²) in [6.45, 7) is 2.92. The lowest BCUT2D eigenvalue weighted by Gasteiger charge is -2.13. The molecule has 0 saturated heterocycles. The number of hydrogen-bond acceptors (Lipinski definition) is 4. The summed E-state index contributed by atoms with van der Waals surface area (Å²) in [4.78, 5) is 35.6. The normalized spacial score (nSPS) is 19.4. The Morgan fingerprint density at radius 3 is 2.24 bits per heavy atom. The maximum atomic E-state index is 11.9. The Hall–Kier alpha value is -1.91. The number of ether oxygens (including phenoxy) is 1. The standard InChI is InChI=1S/C12H13NO4/c1-2-10(14)17-7-13-11(15)8-5-3-4-6-9(8)12(13)16/h2H,1,3-7H2. The highest BCUT2D eigenvalue weighted by molar-refractivity contribution is 6.19. The predicted molar refractivity (Wildman–Crippen MR) is 58.5 cm³/mol. The van der Waals surface area contributed by atoms with Crippen LogP contribution in [-0.4, -0.2) is 29.4 Å². The third kappa shape index (κ3) is 2.00. The van der Waals surface area contributed by atoms with E-state index < -0.39 is 5.97 Å². The van der Waals surface area contributed by atoms with Crippen LogP contribution in [0.5, 0.6) is 0 Å². The molecule has 2 amide bonds. The topological polar surface area (TPSA) is 63.7 Å². The minimum absolute atomic E-state index is 0.318. The zero-order valence-electron chi connectivity index (χ0n) is 9.40. The molecule has 0 unspecified atom stereocenters. The molecule has 0 bridgehead atoms. The summed E-state index contributed by atoms with van der Waals surface area (Å²) in [6, 6.07) is 0. The van der Waals surface area contributed by atoms with Gasteiger partial charge in [0.2, 0.25) is 0 Å². The van der Waals surface area contributed by atoms with Crippen LogP contribution in [-0.2, 0) is 19.1 Å².